The number of nitrogens with one attached hydrogen (secondary N) is 1. The number of anilines is 1. The van der Waals surface area contributed by atoms with Crippen molar-refractivity contribution in [3.8, 4) is 5.75 Å². The Balaban J connectivity index is 1.45. The zero-order valence-corrected chi connectivity index (χ0v) is 14.5. The molecule has 132 valence electrons. The van der Waals surface area contributed by atoms with Gasteiger partial charge in [-0.2, -0.15) is 0 Å². The highest BCUT2D eigenvalue weighted by Gasteiger charge is 2.20. The van der Waals surface area contributed by atoms with Crippen LogP contribution in [0.4, 0.5) is 5.69 Å². The van der Waals surface area contributed by atoms with Crippen molar-refractivity contribution in [2.75, 3.05) is 44.7 Å². The van der Waals surface area contributed by atoms with Crippen LogP contribution in [-0.2, 0) is 11.3 Å². The van der Waals surface area contributed by atoms with Crippen LogP contribution in [0.25, 0.3) is 0 Å². The van der Waals surface area contributed by atoms with Crippen molar-refractivity contribution in [2.24, 2.45) is 0 Å². The van der Waals surface area contributed by atoms with E-state index in [0.717, 1.165) is 43.2 Å². The van der Waals surface area contributed by atoms with Gasteiger partial charge in [0, 0.05) is 45.1 Å². The Bertz CT molecular complexity index is 685. The lowest BCUT2D eigenvalue weighted by atomic mass is 10.2. The van der Waals surface area contributed by atoms with Crippen LogP contribution in [0.3, 0.4) is 0 Å². The third-order valence-corrected chi connectivity index (χ3v) is 4.40. The van der Waals surface area contributed by atoms with Crippen LogP contribution >= 0.6 is 0 Å². The molecule has 1 aliphatic heterocycles. The number of methoxy groups -OCH3 is 1. The summed E-state index contributed by atoms with van der Waals surface area (Å²) < 4.78 is 5.44. The molecule has 2 heterocycles. The van der Waals surface area contributed by atoms with Gasteiger partial charge in [-0.05, 0) is 29.8 Å². The number of ether oxygens (including phenoxy) is 1. The molecule has 1 aromatic carbocycles. The van der Waals surface area contributed by atoms with Gasteiger partial charge in [-0.25, -0.2) is 0 Å². The lowest BCUT2D eigenvalue weighted by molar-refractivity contribution is -0.122. The second kappa shape index (κ2) is 8.48. The Kier molecular flexibility index (Phi) is 5.85. The van der Waals surface area contributed by atoms with Gasteiger partial charge in [0.2, 0.25) is 5.91 Å². The molecule has 0 atom stereocenters. The summed E-state index contributed by atoms with van der Waals surface area (Å²) in [6.07, 6.45) is 3.47. The van der Waals surface area contributed by atoms with Gasteiger partial charge in [0.15, 0.2) is 0 Å². The number of piperazine rings is 1. The maximum absolute atomic E-state index is 12.1. The van der Waals surface area contributed by atoms with Crippen LogP contribution in [0.15, 0.2) is 48.8 Å². The summed E-state index contributed by atoms with van der Waals surface area (Å²) >= 11 is 0. The fraction of sp³-hybridized carbons (Fsp3) is 0.368. The van der Waals surface area contributed by atoms with Gasteiger partial charge in [0.05, 0.1) is 19.3 Å². The molecule has 1 aromatic heterocycles. The molecule has 6 nitrogen and oxygen atoms in total. The van der Waals surface area contributed by atoms with Crippen LogP contribution in [0, 0.1) is 0 Å². The molecule has 25 heavy (non-hydrogen) atoms. The second-order valence-corrected chi connectivity index (χ2v) is 6.07. The SMILES string of the molecule is COc1ccccc1N1CCN(CC(=O)NCc2ccncc2)CC1. The summed E-state index contributed by atoms with van der Waals surface area (Å²) in [5.74, 6) is 0.952. The van der Waals surface area contributed by atoms with Gasteiger partial charge in [0.25, 0.3) is 0 Å². The summed E-state index contributed by atoms with van der Waals surface area (Å²) in [5, 5.41) is 2.97. The van der Waals surface area contributed by atoms with Gasteiger partial charge < -0.3 is 15.0 Å². The quantitative estimate of drug-likeness (QED) is 0.864. The second-order valence-electron chi connectivity index (χ2n) is 6.07. The zero-order valence-electron chi connectivity index (χ0n) is 14.5. The topological polar surface area (TPSA) is 57.7 Å². The minimum atomic E-state index is 0.0579. The Hall–Kier alpha value is -2.60. The number of nitrogens with zero attached hydrogens (tertiary/aromatic N) is 3. The lowest BCUT2D eigenvalue weighted by Gasteiger charge is -2.36. The first-order chi connectivity index (χ1) is 12.3. The maximum atomic E-state index is 12.1. The van der Waals surface area contributed by atoms with Crippen LogP contribution in [0.2, 0.25) is 0 Å². The highest BCUT2D eigenvalue weighted by Crippen LogP contribution is 2.28. The van der Waals surface area contributed by atoms with E-state index in [-0.39, 0.29) is 5.91 Å². The molecule has 1 N–H and O–H groups in total. The van der Waals surface area contributed by atoms with E-state index in [9.17, 15) is 4.79 Å². The number of carbonyl (C=O) groups is 1. The highest BCUT2D eigenvalue weighted by atomic mass is 16.5. The molecule has 0 spiro atoms. The first-order valence-electron chi connectivity index (χ1n) is 8.52. The number of carbonyl (C=O) groups excluding carboxylic acids is 1. The third kappa shape index (κ3) is 4.70. The van der Waals surface area contributed by atoms with E-state index in [0.29, 0.717) is 13.1 Å². The highest BCUT2D eigenvalue weighted by molar-refractivity contribution is 5.78. The molecular formula is C19H24N4O2. The van der Waals surface area contributed by atoms with E-state index in [1.165, 1.54) is 0 Å². The number of hydrogen-bond donors (Lipinski definition) is 1. The number of amides is 1. The fourth-order valence-corrected chi connectivity index (χ4v) is 3.00. The molecule has 2 aromatic rings. The van der Waals surface area contributed by atoms with E-state index in [2.05, 4.69) is 26.2 Å². The molecule has 6 heteroatoms. The Morgan fingerprint density at radius 1 is 1.12 bits per heavy atom. The summed E-state index contributed by atoms with van der Waals surface area (Å²) in [6.45, 7) is 4.48. The van der Waals surface area contributed by atoms with Crippen LogP contribution in [-0.4, -0.2) is 55.6 Å². The Morgan fingerprint density at radius 2 is 1.84 bits per heavy atom. The normalized spacial score (nSPS) is 15.0. The number of para-hydroxylation sites is 2. The number of benzene rings is 1. The molecule has 0 aliphatic carbocycles. The molecule has 3 rings (SSSR count). The van der Waals surface area contributed by atoms with Crippen LogP contribution < -0.4 is 15.0 Å². The minimum absolute atomic E-state index is 0.0579. The van der Waals surface area contributed by atoms with E-state index >= 15 is 0 Å². The first-order valence-corrected chi connectivity index (χ1v) is 8.52. The Labute approximate surface area is 148 Å². The summed E-state index contributed by atoms with van der Waals surface area (Å²) in [7, 11) is 1.70. The monoisotopic (exact) mass is 340 g/mol. The Morgan fingerprint density at radius 3 is 2.56 bits per heavy atom. The molecular weight excluding hydrogens is 316 g/mol. The van der Waals surface area contributed by atoms with Gasteiger partial charge in [-0.3, -0.25) is 14.7 Å². The molecule has 1 aliphatic rings. The van der Waals surface area contributed by atoms with Crippen molar-refractivity contribution in [2.45, 2.75) is 6.54 Å². The molecule has 1 saturated heterocycles. The number of pyridine rings is 1. The van der Waals surface area contributed by atoms with E-state index < -0.39 is 0 Å². The first kappa shape index (κ1) is 17.2. The van der Waals surface area contributed by atoms with Gasteiger partial charge in [-0.15, -0.1) is 0 Å². The van der Waals surface area contributed by atoms with Gasteiger partial charge in [-0.1, -0.05) is 12.1 Å². The molecule has 0 saturated carbocycles. The molecule has 0 radical (unpaired) electrons. The minimum Gasteiger partial charge on any atom is -0.495 e. The third-order valence-electron chi connectivity index (χ3n) is 4.40. The average Bonchev–Trinajstić information content (AvgIpc) is 2.68. The van der Waals surface area contributed by atoms with E-state index in [1.807, 2.05) is 30.3 Å². The number of rotatable bonds is 6. The van der Waals surface area contributed by atoms with Crippen molar-refractivity contribution in [1.82, 2.24) is 15.2 Å². The predicted molar refractivity (Wildman–Crippen MR) is 97.7 cm³/mol. The van der Waals surface area contributed by atoms with Crippen LogP contribution in [0.1, 0.15) is 5.56 Å². The molecule has 1 fully saturated rings. The summed E-state index contributed by atoms with van der Waals surface area (Å²) in [6, 6.07) is 11.9. The molecule has 0 unspecified atom stereocenters. The standard InChI is InChI=1S/C19H24N4O2/c1-25-18-5-3-2-4-17(18)23-12-10-22(11-13-23)15-19(24)21-14-16-6-8-20-9-7-16/h2-9H,10-15H2,1H3,(H,21,24). The van der Waals surface area contributed by atoms with Crippen molar-refractivity contribution in [1.29, 1.82) is 0 Å². The predicted octanol–water partition coefficient (Wildman–Crippen LogP) is 1.53. The van der Waals surface area contributed by atoms with Gasteiger partial charge in [0.1, 0.15) is 5.75 Å². The number of hydrogen-bond acceptors (Lipinski definition) is 5. The zero-order chi connectivity index (χ0) is 17.5. The molecule has 0 bridgehead atoms. The summed E-state index contributed by atoms with van der Waals surface area (Å²) in [4.78, 5) is 20.6. The summed E-state index contributed by atoms with van der Waals surface area (Å²) in [5.41, 5.74) is 2.18. The van der Waals surface area contributed by atoms with Gasteiger partial charge >= 0.3 is 0 Å². The van der Waals surface area contributed by atoms with Crippen molar-refractivity contribution in [3.05, 3.63) is 54.4 Å². The number of aromatic nitrogens is 1. The lowest BCUT2D eigenvalue weighted by Crippen LogP contribution is -2.49. The average molecular weight is 340 g/mol. The van der Waals surface area contributed by atoms with Crippen molar-refractivity contribution >= 4 is 11.6 Å². The molecule has 1 amide bonds. The van der Waals surface area contributed by atoms with Crippen LogP contribution in [0.5, 0.6) is 5.75 Å². The maximum Gasteiger partial charge on any atom is 0.234 e. The van der Waals surface area contributed by atoms with Crippen molar-refractivity contribution in [3.63, 3.8) is 0 Å². The van der Waals surface area contributed by atoms with E-state index in [1.54, 1.807) is 19.5 Å². The smallest absolute Gasteiger partial charge is 0.234 e. The largest absolute Gasteiger partial charge is 0.495 e. The fourth-order valence-electron chi connectivity index (χ4n) is 3.00. The van der Waals surface area contributed by atoms with Crippen molar-refractivity contribution < 1.29 is 9.53 Å². The van der Waals surface area contributed by atoms with E-state index in [4.69, 9.17) is 4.74 Å².